The van der Waals surface area contributed by atoms with Crippen molar-refractivity contribution in [2.24, 2.45) is 17.3 Å². The Balaban J connectivity index is 1.67. The van der Waals surface area contributed by atoms with Crippen molar-refractivity contribution < 1.29 is 4.79 Å². The van der Waals surface area contributed by atoms with Gasteiger partial charge in [0.25, 0.3) is 0 Å². The van der Waals surface area contributed by atoms with Crippen LogP contribution in [0.5, 0.6) is 0 Å². The summed E-state index contributed by atoms with van der Waals surface area (Å²) in [5.41, 5.74) is 7.00. The summed E-state index contributed by atoms with van der Waals surface area (Å²) in [6.45, 7) is 4.85. The van der Waals surface area contributed by atoms with Crippen molar-refractivity contribution in [3.8, 4) is 0 Å². The summed E-state index contributed by atoms with van der Waals surface area (Å²) >= 11 is 0. The minimum atomic E-state index is 0.356. The Morgan fingerprint density at radius 1 is 1.17 bits per heavy atom. The molecule has 4 aliphatic rings. The Labute approximate surface area is 140 Å². The van der Waals surface area contributed by atoms with Gasteiger partial charge in [0.2, 0.25) is 0 Å². The molecule has 0 amide bonds. The first kappa shape index (κ1) is 15.4. The first-order valence-corrected chi connectivity index (χ1v) is 9.78. The average molecular weight is 310 g/mol. The maximum atomic E-state index is 11.7. The highest BCUT2D eigenvalue weighted by Crippen LogP contribution is 2.62. The molecule has 4 rings (SSSR count). The molecule has 2 fully saturated rings. The fourth-order valence-corrected chi connectivity index (χ4v) is 6.03. The third-order valence-corrected chi connectivity index (χ3v) is 7.26. The van der Waals surface area contributed by atoms with Crippen LogP contribution in [-0.4, -0.2) is 5.78 Å². The summed E-state index contributed by atoms with van der Waals surface area (Å²) in [6.07, 6.45) is 16.6. The van der Waals surface area contributed by atoms with Crippen LogP contribution in [0.15, 0.2) is 34.4 Å². The minimum absolute atomic E-state index is 0.356. The SMILES string of the molecule is CCC/C=C1/CCC2C3CCC4=CC(=O)CCC4=C3CCC12C. The van der Waals surface area contributed by atoms with Crippen molar-refractivity contribution in [3.05, 3.63) is 34.4 Å². The second kappa shape index (κ2) is 5.76. The molecule has 23 heavy (non-hydrogen) atoms. The number of unbranched alkanes of at least 4 members (excludes halogenated alkanes) is 1. The van der Waals surface area contributed by atoms with Gasteiger partial charge in [-0.15, -0.1) is 0 Å². The molecular weight excluding hydrogens is 280 g/mol. The third-order valence-electron chi connectivity index (χ3n) is 7.26. The van der Waals surface area contributed by atoms with E-state index in [2.05, 4.69) is 19.9 Å². The van der Waals surface area contributed by atoms with Gasteiger partial charge in [0.15, 0.2) is 5.78 Å². The number of fused-ring (bicyclic) bond motifs is 4. The first-order valence-electron chi connectivity index (χ1n) is 9.78. The lowest BCUT2D eigenvalue weighted by atomic mass is 9.57. The molecule has 0 heterocycles. The van der Waals surface area contributed by atoms with Gasteiger partial charge in [-0.3, -0.25) is 4.79 Å². The second-order valence-electron chi connectivity index (χ2n) is 8.37. The van der Waals surface area contributed by atoms with Crippen molar-refractivity contribution in [2.75, 3.05) is 0 Å². The molecule has 0 aliphatic heterocycles. The smallest absolute Gasteiger partial charge is 0.156 e. The van der Waals surface area contributed by atoms with Crippen LogP contribution >= 0.6 is 0 Å². The molecule has 0 aromatic heterocycles. The van der Waals surface area contributed by atoms with E-state index in [0.717, 1.165) is 31.1 Å². The lowest BCUT2D eigenvalue weighted by Crippen LogP contribution is -2.37. The maximum absolute atomic E-state index is 11.7. The number of hydrogen-bond donors (Lipinski definition) is 0. The predicted molar refractivity (Wildman–Crippen MR) is 95.1 cm³/mol. The lowest BCUT2D eigenvalue weighted by Gasteiger charge is -2.47. The van der Waals surface area contributed by atoms with Crippen molar-refractivity contribution in [1.82, 2.24) is 0 Å². The Bertz CT molecular complexity index is 618. The molecule has 4 aliphatic carbocycles. The topological polar surface area (TPSA) is 17.1 Å². The monoisotopic (exact) mass is 310 g/mol. The zero-order chi connectivity index (χ0) is 16.0. The summed E-state index contributed by atoms with van der Waals surface area (Å²) in [7, 11) is 0. The number of allylic oxidation sites excluding steroid dienone is 6. The number of hydrogen-bond acceptors (Lipinski definition) is 1. The summed E-state index contributed by atoms with van der Waals surface area (Å²) in [5.74, 6) is 2.02. The molecule has 0 bridgehead atoms. The van der Waals surface area contributed by atoms with E-state index in [1.165, 1.54) is 50.5 Å². The van der Waals surface area contributed by atoms with Crippen molar-refractivity contribution in [1.29, 1.82) is 0 Å². The molecule has 0 spiro atoms. The number of ketones is 1. The van der Waals surface area contributed by atoms with Crippen LogP contribution in [0.1, 0.15) is 78.1 Å². The van der Waals surface area contributed by atoms with Crippen molar-refractivity contribution in [3.63, 3.8) is 0 Å². The summed E-state index contributed by atoms with van der Waals surface area (Å²) in [4.78, 5) is 11.7. The molecule has 0 aromatic carbocycles. The molecule has 2 saturated carbocycles. The Kier molecular flexibility index (Phi) is 3.86. The Morgan fingerprint density at radius 2 is 2.04 bits per heavy atom. The van der Waals surface area contributed by atoms with Gasteiger partial charge in [-0.2, -0.15) is 0 Å². The highest BCUT2D eigenvalue weighted by atomic mass is 16.1. The van der Waals surface area contributed by atoms with E-state index in [9.17, 15) is 4.79 Å². The average Bonchev–Trinajstić information content (AvgIpc) is 2.89. The van der Waals surface area contributed by atoms with Crippen LogP contribution in [0.3, 0.4) is 0 Å². The van der Waals surface area contributed by atoms with Gasteiger partial charge in [-0.05, 0) is 85.8 Å². The van der Waals surface area contributed by atoms with E-state index in [4.69, 9.17) is 0 Å². The van der Waals surface area contributed by atoms with Crippen LogP contribution in [0.2, 0.25) is 0 Å². The van der Waals surface area contributed by atoms with Gasteiger partial charge in [-0.1, -0.05) is 37.5 Å². The number of rotatable bonds is 2. The fraction of sp³-hybridized carbons (Fsp3) is 0.682. The highest BCUT2D eigenvalue weighted by Gasteiger charge is 2.50. The van der Waals surface area contributed by atoms with Crippen molar-refractivity contribution >= 4 is 5.78 Å². The molecule has 0 radical (unpaired) electrons. The van der Waals surface area contributed by atoms with E-state index < -0.39 is 0 Å². The quantitative estimate of drug-likeness (QED) is 0.579. The Morgan fingerprint density at radius 3 is 2.87 bits per heavy atom. The number of carbonyl (C=O) groups is 1. The van der Waals surface area contributed by atoms with Crippen LogP contribution in [-0.2, 0) is 4.79 Å². The summed E-state index contributed by atoms with van der Waals surface area (Å²) in [5, 5.41) is 0. The molecule has 1 heteroatoms. The Hall–Kier alpha value is -1.11. The minimum Gasteiger partial charge on any atom is -0.295 e. The van der Waals surface area contributed by atoms with Crippen LogP contribution in [0.4, 0.5) is 0 Å². The number of carbonyl (C=O) groups excluding carboxylic acids is 1. The van der Waals surface area contributed by atoms with Crippen LogP contribution in [0.25, 0.3) is 0 Å². The lowest BCUT2D eigenvalue weighted by molar-refractivity contribution is -0.114. The zero-order valence-corrected chi connectivity index (χ0v) is 14.8. The highest BCUT2D eigenvalue weighted by molar-refractivity contribution is 5.93. The standard InChI is InChI=1S/C22H30O/c1-3-4-5-16-7-11-21-20-9-6-15-14-17(23)8-10-18(15)19(20)12-13-22(16,21)2/h5,14,20-21H,3-4,6-13H2,1-2H3/b16-5-. The van der Waals surface area contributed by atoms with Gasteiger partial charge in [0, 0.05) is 6.42 Å². The molecule has 0 N–H and O–H groups in total. The second-order valence-corrected chi connectivity index (χ2v) is 8.37. The molecule has 1 nitrogen and oxygen atoms in total. The first-order chi connectivity index (χ1) is 11.1. The van der Waals surface area contributed by atoms with Gasteiger partial charge < -0.3 is 0 Å². The van der Waals surface area contributed by atoms with Crippen molar-refractivity contribution in [2.45, 2.75) is 78.1 Å². The normalized spacial score (nSPS) is 38.3. The largest absolute Gasteiger partial charge is 0.295 e. The van der Waals surface area contributed by atoms with E-state index in [0.29, 0.717) is 11.2 Å². The van der Waals surface area contributed by atoms with E-state index in [1.54, 1.807) is 16.7 Å². The van der Waals surface area contributed by atoms with E-state index in [1.807, 2.05) is 6.08 Å². The molecular formula is C22H30O. The summed E-state index contributed by atoms with van der Waals surface area (Å²) in [6, 6.07) is 0. The zero-order valence-electron chi connectivity index (χ0n) is 14.8. The van der Waals surface area contributed by atoms with Gasteiger partial charge >= 0.3 is 0 Å². The molecule has 0 saturated heterocycles. The van der Waals surface area contributed by atoms with Crippen LogP contribution < -0.4 is 0 Å². The third kappa shape index (κ3) is 2.39. The van der Waals surface area contributed by atoms with Crippen LogP contribution in [0, 0.1) is 17.3 Å². The van der Waals surface area contributed by atoms with E-state index >= 15 is 0 Å². The molecule has 124 valence electrons. The molecule has 3 atom stereocenters. The fourth-order valence-electron chi connectivity index (χ4n) is 6.03. The van der Waals surface area contributed by atoms with Gasteiger partial charge in [0.1, 0.15) is 0 Å². The molecule has 3 unspecified atom stereocenters. The van der Waals surface area contributed by atoms with Gasteiger partial charge in [-0.25, -0.2) is 0 Å². The summed E-state index contributed by atoms with van der Waals surface area (Å²) < 4.78 is 0. The predicted octanol–water partition coefficient (Wildman–Crippen LogP) is 5.92. The maximum Gasteiger partial charge on any atom is 0.156 e. The van der Waals surface area contributed by atoms with E-state index in [-0.39, 0.29) is 0 Å². The molecule has 0 aromatic rings. The van der Waals surface area contributed by atoms with Gasteiger partial charge in [0.05, 0.1) is 0 Å².